The fourth-order valence-electron chi connectivity index (χ4n) is 1.11. The highest BCUT2D eigenvalue weighted by Gasteiger charge is 2.11. The molecule has 1 rings (SSSR count). The van der Waals surface area contributed by atoms with E-state index in [9.17, 15) is 8.42 Å². The van der Waals surface area contributed by atoms with Gasteiger partial charge in [0.2, 0.25) is 10.0 Å². The van der Waals surface area contributed by atoms with Gasteiger partial charge in [-0.3, -0.25) is 0 Å². The van der Waals surface area contributed by atoms with Crippen LogP contribution in [0.15, 0.2) is 29.2 Å². The van der Waals surface area contributed by atoms with E-state index in [0.717, 1.165) is 5.56 Å². The van der Waals surface area contributed by atoms with Crippen LogP contribution in [0.25, 0.3) is 0 Å². The van der Waals surface area contributed by atoms with Crippen molar-refractivity contribution >= 4 is 22.4 Å². The van der Waals surface area contributed by atoms with Gasteiger partial charge in [-0.15, -0.1) is 12.4 Å². The van der Waals surface area contributed by atoms with Crippen molar-refractivity contribution in [3.63, 3.8) is 0 Å². The average molecular weight is 251 g/mol. The molecule has 0 bridgehead atoms. The Hall–Kier alpha value is -0.620. The molecule has 3 N–H and O–H groups in total. The molecule has 0 saturated heterocycles. The molecule has 0 heterocycles. The molecule has 0 radical (unpaired) electrons. The maximum atomic E-state index is 11.5. The number of rotatable bonds is 4. The van der Waals surface area contributed by atoms with E-state index in [2.05, 4.69) is 4.72 Å². The maximum absolute atomic E-state index is 11.5. The van der Waals surface area contributed by atoms with Crippen LogP contribution >= 0.6 is 12.4 Å². The van der Waals surface area contributed by atoms with Gasteiger partial charge < -0.3 is 5.73 Å². The van der Waals surface area contributed by atoms with Crippen molar-refractivity contribution < 1.29 is 8.42 Å². The Morgan fingerprint density at radius 2 is 2.07 bits per heavy atom. The van der Waals surface area contributed by atoms with E-state index in [0.29, 0.717) is 13.1 Å². The first-order chi connectivity index (χ1) is 6.60. The van der Waals surface area contributed by atoms with Gasteiger partial charge in [-0.25, -0.2) is 13.1 Å². The molecule has 0 aromatic heterocycles. The van der Waals surface area contributed by atoms with Gasteiger partial charge in [0, 0.05) is 13.1 Å². The fourth-order valence-corrected chi connectivity index (χ4v) is 2.22. The molecule has 4 nitrogen and oxygen atoms in total. The summed E-state index contributed by atoms with van der Waals surface area (Å²) in [6.45, 7) is 2.47. The van der Waals surface area contributed by atoms with E-state index >= 15 is 0 Å². The molecule has 0 aliphatic heterocycles. The minimum atomic E-state index is -3.35. The molecule has 0 aliphatic carbocycles. The van der Waals surface area contributed by atoms with Crippen molar-refractivity contribution in [2.45, 2.75) is 18.4 Å². The van der Waals surface area contributed by atoms with Gasteiger partial charge in [0.15, 0.2) is 0 Å². The Balaban J connectivity index is 0.00000196. The molecule has 1 aromatic carbocycles. The quantitative estimate of drug-likeness (QED) is 0.833. The predicted octanol–water partition coefficient (Wildman–Crippen LogP) is 0.865. The normalized spacial score (nSPS) is 10.8. The van der Waals surface area contributed by atoms with Crippen LogP contribution in [0.2, 0.25) is 0 Å². The fraction of sp³-hybridized carbons (Fsp3) is 0.333. The Kier molecular flexibility index (Phi) is 5.82. The molecule has 0 atom stereocenters. The number of hydrogen-bond acceptors (Lipinski definition) is 3. The summed E-state index contributed by atoms with van der Waals surface area (Å²) < 4.78 is 25.5. The topological polar surface area (TPSA) is 72.2 Å². The monoisotopic (exact) mass is 250 g/mol. The zero-order chi connectivity index (χ0) is 10.6. The highest BCUT2D eigenvalue weighted by Crippen LogP contribution is 2.10. The summed E-state index contributed by atoms with van der Waals surface area (Å²) in [7, 11) is -3.35. The standard InChI is InChI=1S/C9H14N2O2S.ClH/c1-2-11-14(12,13)9-5-3-4-8(6-9)7-10;/h3-6,11H,2,7,10H2,1H3;1H. The van der Waals surface area contributed by atoms with Crippen LogP contribution in [0.3, 0.4) is 0 Å². The Morgan fingerprint density at radius 1 is 1.40 bits per heavy atom. The lowest BCUT2D eigenvalue weighted by molar-refractivity contribution is 0.584. The summed E-state index contributed by atoms with van der Waals surface area (Å²) in [5.41, 5.74) is 6.23. The van der Waals surface area contributed by atoms with Gasteiger partial charge in [0.1, 0.15) is 0 Å². The molecular weight excluding hydrogens is 236 g/mol. The van der Waals surface area contributed by atoms with Crippen molar-refractivity contribution in [2.24, 2.45) is 5.73 Å². The summed E-state index contributed by atoms with van der Waals surface area (Å²) in [6.07, 6.45) is 0. The number of nitrogens with one attached hydrogen (secondary N) is 1. The Morgan fingerprint density at radius 3 is 2.60 bits per heavy atom. The molecule has 0 spiro atoms. The minimum Gasteiger partial charge on any atom is -0.326 e. The van der Waals surface area contributed by atoms with E-state index in [1.165, 1.54) is 0 Å². The molecule has 0 aliphatic rings. The van der Waals surface area contributed by atoms with Crippen molar-refractivity contribution in [2.75, 3.05) is 6.54 Å². The van der Waals surface area contributed by atoms with Crippen molar-refractivity contribution in [3.05, 3.63) is 29.8 Å². The molecule has 15 heavy (non-hydrogen) atoms. The summed E-state index contributed by atoms with van der Waals surface area (Å²) in [4.78, 5) is 0.266. The largest absolute Gasteiger partial charge is 0.326 e. The van der Waals surface area contributed by atoms with Crippen LogP contribution in [-0.4, -0.2) is 15.0 Å². The SMILES string of the molecule is CCNS(=O)(=O)c1cccc(CN)c1.Cl. The summed E-state index contributed by atoms with van der Waals surface area (Å²) in [5, 5.41) is 0. The molecule has 0 saturated carbocycles. The second-order valence-electron chi connectivity index (χ2n) is 2.85. The van der Waals surface area contributed by atoms with Crippen LogP contribution in [-0.2, 0) is 16.6 Å². The van der Waals surface area contributed by atoms with Gasteiger partial charge in [0.05, 0.1) is 4.90 Å². The zero-order valence-corrected chi connectivity index (χ0v) is 10.1. The third kappa shape index (κ3) is 3.79. The number of benzene rings is 1. The van der Waals surface area contributed by atoms with Gasteiger partial charge in [0.25, 0.3) is 0 Å². The summed E-state index contributed by atoms with van der Waals surface area (Å²) in [5.74, 6) is 0. The first-order valence-corrected chi connectivity index (χ1v) is 5.87. The molecule has 6 heteroatoms. The van der Waals surface area contributed by atoms with E-state index in [1.54, 1.807) is 31.2 Å². The molecule has 86 valence electrons. The molecule has 0 fully saturated rings. The number of halogens is 1. The molecule has 1 aromatic rings. The van der Waals surface area contributed by atoms with E-state index in [1.807, 2.05) is 0 Å². The lowest BCUT2D eigenvalue weighted by Gasteiger charge is -2.05. The summed E-state index contributed by atoms with van der Waals surface area (Å²) in [6, 6.07) is 6.62. The summed E-state index contributed by atoms with van der Waals surface area (Å²) >= 11 is 0. The van der Waals surface area contributed by atoms with Crippen LogP contribution in [0.5, 0.6) is 0 Å². The van der Waals surface area contributed by atoms with Crippen molar-refractivity contribution in [1.82, 2.24) is 4.72 Å². The Labute approximate surface area is 96.3 Å². The van der Waals surface area contributed by atoms with Crippen molar-refractivity contribution in [3.8, 4) is 0 Å². The number of hydrogen-bond donors (Lipinski definition) is 2. The van der Waals surface area contributed by atoms with Gasteiger partial charge in [-0.2, -0.15) is 0 Å². The highest BCUT2D eigenvalue weighted by atomic mass is 35.5. The van der Waals surface area contributed by atoms with Crippen LogP contribution < -0.4 is 10.5 Å². The molecular formula is C9H15ClN2O2S. The molecule has 0 amide bonds. The lowest BCUT2D eigenvalue weighted by Crippen LogP contribution is -2.23. The second-order valence-corrected chi connectivity index (χ2v) is 4.62. The smallest absolute Gasteiger partial charge is 0.240 e. The van der Waals surface area contributed by atoms with E-state index in [4.69, 9.17) is 5.73 Å². The lowest BCUT2D eigenvalue weighted by atomic mass is 10.2. The Bertz CT molecular complexity index is 406. The predicted molar refractivity (Wildman–Crippen MR) is 62.4 cm³/mol. The van der Waals surface area contributed by atoms with Gasteiger partial charge in [-0.05, 0) is 17.7 Å². The average Bonchev–Trinajstić information content (AvgIpc) is 2.18. The minimum absolute atomic E-state index is 0. The number of nitrogens with two attached hydrogens (primary N) is 1. The first kappa shape index (κ1) is 14.4. The highest BCUT2D eigenvalue weighted by molar-refractivity contribution is 7.89. The molecule has 0 unspecified atom stereocenters. The third-order valence-electron chi connectivity index (χ3n) is 1.78. The maximum Gasteiger partial charge on any atom is 0.240 e. The van der Waals surface area contributed by atoms with Gasteiger partial charge in [-0.1, -0.05) is 19.1 Å². The second kappa shape index (κ2) is 6.07. The van der Waals surface area contributed by atoms with Crippen LogP contribution in [0.1, 0.15) is 12.5 Å². The third-order valence-corrected chi connectivity index (χ3v) is 3.32. The van der Waals surface area contributed by atoms with Crippen LogP contribution in [0, 0.1) is 0 Å². The zero-order valence-electron chi connectivity index (χ0n) is 8.43. The van der Waals surface area contributed by atoms with E-state index < -0.39 is 10.0 Å². The van der Waals surface area contributed by atoms with Crippen molar-refractivity contribution in [1.29, 1.82) is 0 Å². The number of sulfonamides is 1. The van der Waals surface area contributed by atoms with E-state index in [-0.39, 0.29) is 17.3 Å². The first-order valence-electron chi connectivity index (χ1n) is 4.39. The van der Waals surface area contributed by atoms with Gasteiger partial charge >= 0.3 is 0 Å². The van der Waals surface area contributed by atoms with Crippen LogP contribution in [0.4, 0.5) is 0 Å².